The lowest BCUT2D eigenvalue weighted by Crippen LogP contribution is -2.20. The molecule has 0 atom stereocenters. The molecule has 0 saturated carbocycles. The molecule has 2 amide bonds. The normalized spacial score (nSPS) is 11.4. The van der Waals surface area contributed by atoms with Gasteiger partial charge in [-0.05, 0) is 55.5 Å². The van der Waals surface area contributed by atoms with Crippen molar-refractivity contribution in [3.05, 3.63) is 101 Å². The van der Waals surface area contributed by atoms with Crippen molar-refractivity contribution in [3.63, 3.8) is 0 Å². The molecule has 2 heterocycles. The molecule has 0 saturated heterocycles. The van der Waals surface area contributed by atoms with Crippen molar-refractivity contribution in [1.29, 1.82) is 0 Å². The van der Waals surface area contributed by atoms with Crippen LogP contribution in [-0.4, -0.2) is 34.0 Å². The zero-order chi connectivity index (χ0) is 30.5. The van der Waals surface area contributed by atoms with Gasteiger partial charge in [0.05, 0.1) is 26.7 Å². The lowest BCUT2D eigenvalue weighted by Gasteiger charge is -2.12. The molecule has 10 nitrogen and oxygen atoms in total. The van der Waals surface area contributed by atoms with Gasteiger partial charge in [-0.2, -0.15) is 26.6 Å². The van der Waals surface area contributed by atoms with Crippen LogP contribution >= 0.6 is 11.6 Å². The fourth-order valence-electron chi connectivity index (χ4n) is 3.47. The molecular formula is C27H21ClF3N5O5S. The molecule has 0 aliphatic heterocycles. The number of ether oxygens (including phenoxy) is 1. The van der Waals surface area contributed by atoms with Crippen molar-refractivity contribution < 1.29 is 35.7 Å². The highest BCUT2D eigenvalue weighted by Crippen LogP contribution is 2.32. The number of fused-ring (bicyclic) bond motifs is 1. The number of halogens is 4. The standard InChI is InChI=1S/C20H13ClF3N5O2.C7H8O3S/c21-14-9-13(31-18-17-16(6-7-25-17)26-10-27-18)4-5-15(14)29-19(30)28-12-3-1-2-11(8-12)20(22,23)24;1-6-2-4-7(5-3-6)11(8,9)10/h1-10,25H,(H2,28,29,30);2-5H,1H3,(H,8,9,10). The topological polar surface area (TPSA) is 146 Å². The zero-order valence-electron chi connectivity index (χ0n) is 21.5. The quantitative estimate of drug-likeness (QED) is 0.151. The van der Waals surface area contributed by atoms with E-state index in [0.29, 0.717) is 22.7 Å². The molecule has 42 heavy (non-hydrogen) atoms. The number of nitrogens with one attached hydrogen (secondary N) is 3. The largest absolute Gasteiger partial charge is 0.437 e. The molecule has 5 rings (SSSR count). The summed E-state index contributed by atoms with van der Waals surface area (Å²) in [4.78, 5) is 23.3. The number of rotatable bonds is 5. The van der Waals surface area contributed by atoms with Crippen LogP contribution in [-0.2, 0) is 16.3 Å². The van der Waals surface area contributed by atoms with Gasteiger partial charge in [-0.3, -0.25) is 4.55 Å². The van der Waals surface area contributed by atoms with Crippen LogP contribution in [0.5, 0.6) is 11.6 Å². The Morgan fingerprint density at radius 2 is 1.74 bits per heavy atom. The first-order chi connectivity index (χ1) is 19.8. The summed E-state index contributed by atoms with van der Waals surface area (Å²) in [5.41, 5.74) is 1.61. The lowest BCUT2D eigenvalue weighted by molar-refractivity contribution is -0.137. The molecule has 0 aliphatic carbocycles. The van der Waals surface area contributed by atoms with Crippen molar-refractivity contribution >= 4 is 50.2 Å². The summed E-state index contributed by atoms with van der Waals surface area (Å²) in [5.74, 6) is 0.664. The second kappa shape index (κ2) is 12.5. The van der Waals surface area contributed by atoms with E-state index in [0.717, 1.165) is 17.7 Å². The predicted molar refractivity (Wildman–Crippen MR) is 150 cm³/mol. The number of alkyl halides is 3. The molecule has 0 aliphatic rings. The van der Waals surface area contributed by atoms with Crippen LogP contribution in [0, 0.1) is 6.92 Å². The van der Waals surface area contributed by atoms with E-state index in [1.54, 1.807) is 30.5 Å². The number of aryl methyl sites for hydroxylation is 1. The number of urea groups is 1. The Morgan fingerprint density at radius 1 is 1.00 bits per heavy atom. The van der Waals surface area contributed by atoms with Crippen molar-refractivity contribution in [2.45, 2.75) is 18.0 Å². The smallest absolute Gasteiger partial charge is 0.416 e. The molecule has 0 spiro atoms. The number of aromatic amines is 1. The molecule has 0 unspecified atom stereocenters. The van der Waals surface area contributed by atoms with Crippen LogP contribution in [0.15, 0.2) is 90.2 Å². The molecule has 0 radical (unpaired) electrons. The predicted octanol–water partition coefficient (Wildman–Crippen LogP) is 7.31. The van der Waals surface area contributed by atoms with E-state index >= 15 is 0 Å². The van der Waals surface area contributed by atoms with Crippen molar-refractivity contribution in [2.75, 3.05) is 10.6 Å². The molecule has 0 fully saturated rings. The van der Waals surface area contributed by atoms with Gasteiger partial charge in [-0.25, -0.2) is 9.78 Å². The number of amides is 2. The second-order valence-electron chi connectivity index (χ2n) is 8.61. The van der Waals surface area contributed by atoms with Crippen molar-refractivity contribution in [3.8, 4) is 11.6 Å². The minimum absolute atomic E-state index is 0.0119. The Morgan fingerprint density at radius 3 is 2.40 bits per heavy atom. The summed E-state index contributed by atoms with van der Waals surface area (Å²) in [6.07, 6.45) is -1.45. The van der Waals surface area contributed by atoms with E-state index in [1.165, 1.54) is 42.7 Å². The maximum Gasteiger partial charge on any atom is 0.416 e. The van der Waals surface area contributed by atoms with Crippen LogP contribution in [0.4, 0.5) is 29.3 Å². The first-order valence-electron chi connectivity index (χ1n) is 11.8. The summed E-state index contributed by atoms with van der Waals surface area (Å²) in [6.45, 7) is 1.84. The Hall–Kier alpha value is -4.66. The van der Waals surface area contributed by atoms with Gasteiger partial charge in [0, 0.05) is 18.0 Å². The number of hydrogen-bond donors (Lipinski definition) is 4. The van der Waals surface area contributed by atoms with E-state index in [2.05, 4.69) is 25.6 Å². The highest BCUT2D eigenvalue weighted by atomic mass is 35.5. The monoisotopic (exact) mass is 619 g/mol. The first-order valence-corrected chi connectivity index (χ1v) is 13.7. The van der Waals surface area contributed by atoms with Gasteiger partial charge in [0.15, 0.2) is 0 Å². The van der Waals surface area contributed by atoms with Gasteiger partial charge < -0.3 is 20.4 Å². The molecular weight excluding hydrogens is 599 g/mol. The van der Waals surface area contributed by atoms with E-state index in [1.807, 2.05) is 6.92 Å². The minimum atomic E-state index is -4.51. The van der Waals surface area contributed by atoms with E-state index in [-0.39, 0.29) is 21.3 Å². The first kappa shape index (κ1) is 30.3. The number of carbonyl (C=O) groups excluding carboxylic acids is 1. The summed E-state index contributed by atoms with van der Waals surface area (Å²) in [5, 5.41) is 4.98. The molecule has 4 N–H and O–H groups in total. The van der Waals surface area contributed by atoms with E-state index in [9.17, 15) is 26.4 Å². The average Bonchev–Trinajstić information content (AvgIpc) is 3.40. The maximum absolute atomic E-state index is 12.8. The number of benzene rings is 3. The fourth-order valence-corrected chi connectivity index (χ4v) is 4.16. The number of anilines is 2. The van der Waals surface area contributed by atoms with Gasteiger partial charge >= 0.3 is 12.2 Å². The van der Waals surface area contributed by atoms with Gasteiger partial charge in [0.25, 0.3) is 10.1 Å². The third kappa shape index (κ3) is 7.96. The van der Waals surface area contributed by atoms with Crippen LogP contribution in [0.3, 0.4) is 0 Å². The molecule has 218 valence electrons. The number of carbonyl (C=O) groups is 1. The summed E-state index contributed by atoms with van der Waals surface area (Å²) in [7, 11) is -4.02. The SMILES string of the molecule is Cc1ccc(S(=O)(=O)O)cc1.O=C(Nc1cccc(C(F)(F)F)c1)Nc1ccc(Oc2ncnc3cc[nH]c23)cc1Cl. The van der Waals surface area contributed by atoms with Gasteiger partial charge in [-0.15, -0.1) is 0 Å². The lowest BCUT2D eigenvalue weighted by atomic mass is 10.2. The second-order valence-corrected chi connectivity index (χ2v) is 10.4. The minimum Gasteiger partial charge on any atom is -0.437 e. The number of nitrogens with zero attached hydrogens (tertiary/aromatic N) is 2. The fraction of sp³-hybridized carbons (Fsp3) is 0.0741. The molecule has 0 bridgehead atoms. The maximum atomic E-state index is 12.8. The average molecular weight is 620 g/mol. The summed E-state index contributed by atoms with van der Waals surface area (Å²) < 4.78 is 73.7. The summed E-state index contributed by atoms with van der Waals surface area (Å²) >= 11 is 6.21. The number of H-pyrrole nitrogens is 1. The van der Waals surface area contributed by atoms with Crippen LogP contribution in [0.2, 0.25) is 5.02 Å². The van der Waals surface area contributed by atoms with Gasteiger partial charge in [0.2, 0.25) is 5.88 Å². The Balaban J connectivity index is 0.000000310. The summed E-state index contributed by atoms with van der Waals surface area (Å²) in [6, 6.07) is 15.8. The molecule has 5 aromatic rings. The number of hydrogen-bond acceptors (Lipinski definition) is 6. The van der Waals surface area contributed by atoms with Crippen LogP contribution in [0.25, 0.3) is 11.0 Å². The molecule has 15 heteroatoms. The Kier molecular flexibility index (Phi) is 8.99. The Bertz CT molecular complexity index is 1830. The molecule has 2 aromatic heterocycles. The third-order valence-corrected chi connectivity index (χ3v) is 6.66. The van der Waals surface area contributed by atoms with Crippen LogP contribution in [0.1, 0.15) is 11.1 Å². The zero-order valence-corrected chi connectivity index (χ0v) is 23.1. The third-order valence-electron chi connectivity index (χ3n) is 5.48. The van der Waals surface area contributed by atoms with Crippen molar-refractivity contribution in [1.82, 2.24) is 15.0 Å². The Labute approximate surface area is 242 Å². The highest BCUT2D eigenvalue weighted by molar-refractivity contribution is 7.85. The van der Waals surface area contributed by atoms with Gasteiger partial charge in [-0.1, -0.05) is 35.4 Å². The van der Waals surface area contributed by atoms with Crippen molar-refractivity contribution in [2.24, 2.45) is 0 Å². The highest BCUT2D eigenvalue weighted by Gasteiger charge is 2.30. The van der Waals surface area contributed by atoms with Crippen LogP contribution < -0.4 is 15.4 Å². The number of aromatic nitrogens is 3. The van der Waals surface area contributed by atoms with E-state index < -0.39 is 27.9 Å². The van der Waals surface area contributed by atoms with Gasteiger partial charge in [0.1, 0.15) is 17.6 Å². The van der Waals surface area contributed by atoms with E-state index in [4.69, 9.17) is 20.9 Å². The molecule has 3 aromatic carbocycles.